The van der Waals surface area contributed by atoms with Gasteiger partial charge in [0.05, 0.1) is 6.10 Å². The molecule has 1 unspecified atom stereocenters. The monoisotopic (exact) mass is 220 g/mol. The molecule has 1 aliphatic rings. The lowest BCUT2D eigenvalue weighted by atomic mass is 10.0. The quantitative estimate of drug-likeness (QED) is 0.830. The Labute approximate surface area is 97.3 Å². The molecule has 88 valence electrons. The van der Waals surface area contributed by atoms with Gasteiger partial charge in [0.2, 0.25) is 0 Å². The first-order valence-corrected chi connectivity index (χ1v) is 5.69. The fourth-order valence-corrected chi connectivity index (χ4v) is 2.24. The van der Waals surface area contributed by atoms with Crippen LogP contribution in [0.2, 0.25) is 0 Å². The van der Waals surface area contributed by atoms with E-state index in [2.05, 4.69) is 24.1 Å². The molecule has 16 heavy (non-hydrogen) atoms. The number of aliphatic hydroxyl groups excluding tert-OH is 1. The predicted molar refractivity (Wildman–Crippen MR) is 65.1 cm³/mol. The van der Waals surface area contributed by atoms with E-state index < -0.39 is 0 Å². The van der Waals surface area contributed by atoms with Crippen LogP contribution in [0.15, 0.2) is 18.2 Å². The summed E-state index contributed by atoms with van der Waals surface area (Å²) in [5.74, 6) is 0. The molecule has 0 spiro atoms. The lowest BCUT2D eigenvalue weighted by molar-refractivity contribution is 0.138. The minimum Gasteiger partial charge on any atom is -0.387 e. The molecule has 0 aromatic heterocycles. The van der Waals surface area contributed by atoms with Gasteiger partial charge in [-0.25, -0.2) is 0 Å². The Morgan fingerprint density at radius 1 is 1.31 bits per heavy atom. The lowest BCUT2D eigenvalue weighted by Crippen LogP contribution is -2.20. The van der Waals surface area contributed by atoms with Crippen LogP contribution in [0.4, 0.5) is 0 Å². The first-order valence-electron chi connectivity index (χ1n) is 5.69. The molecule has 1 aromatic carbocycles. The number of aliphatic hydroxyl groups is 1. The molecular formula is C13H20N2O. The summed E-state index contributed by atoms with van der Waals surface area (Å²) in [7, 11) is 6.07. The van der Waals surface area contributed by atoms with Crippen molar-refractivity contribution >= 4 is 0 Å². The number of likely N-dealkylation sites (N-methyl/N-ethyl adjacent to an activating group) is 1. The molecule has 0 saturated carbocycles. The standard InChI is InChI=1S/C13H20N2O/c1-14(2)9-13(16)10-4-5-11-7-15(3)8-12(11)6-10/h4-6,13,16H,7-9H2,1-3H3. The van der Waals surface area contributed by atoms with E-state index in [1.54, 1.807) is 0 Å². The van der Waals surface area contributed by atoms with Crippen LogP contribution in [0, 0.1) is 0 Å². The minimum atomic E-state index is -0.383. The highest BCUT2D eigenvalue weighted by molar-refractivity contribution is 5.35. The van der Waals surface area contributed by atoms with Crippen molar-refractivity contribution in [1.82, 2.24) is 9.80 Å². The molecule has 0 fully saturated rings. The third-order valence-electron chi connectivity index (χ3n) is 3.03. The fraction of sp³-hybridized carbons (Fsp3) is 0.538. The summed E-state index contributed by atoms with van der Waals surface area (Å²) in [4.78, 5) is 4.29. The Morgan fingerprint density at radius 3 is 2.69 bits per heavy atom. The topological polar surface area (TPSA) is 26.7 Å². The van der Waals surface area contributed by atoms with E-state index in [0.29, 0.717) is 6.54 Å². The van der Waals surface area contributed by atoms with Crippen molar-refractivity contribution in [2.24, 2.45) is 0 Å². The number of rotatable bonds is 3. The molecule has 1 aliphatic heterocycles. The zero-order valence-corrected chi connectivity index (χ0v) is 10.3. The first kappa shape index (κ1) is 11.6. The van der Waals surface area contributed by atoms with Gasteiger partial charge in [-0.2, -0.15) is 0 Å². The maximum Gasteiger partial charge on any atom is 0.0916 e. The van der Waals surface area contributed by atoms with Crippen molar-refractivity contribution < 1.29 is 5.11 Å². The summed E-state index contributed by atoms with van der Waals surface area (Å²) in [6, 6.07) is 6.34. The van der Waals surface area contributed by atoms with Gasteiger partial charge in [-0.1, -0.05) is 18.2 Å². The van der Waals surface area contributed by atoms with Crippen LogP contribution < -0.4 is 0 Å². The second-order valence-corrected chi connectivity index (χ2v) is 4.98. The smallest absolute Gasteiger partial charge is 0.0916 e. The Kier molecular flexibility index (Phi) is 3.28. The molecule has 1 aromatic rings. The highest BCUT2D eigenvalue weighted by Crippen LogP contribution is 2.25. The number of benzene rings is 1. The van der Waals surface area contributed by atoms with Gasteiger partial charge in [0, 0.05) is 19.6 Å². The van der Waals surface area contributed by atoms with Crippen LogP contribution in [-0.4, -0.2) is 42.6 Å². The zero-order chi connectivity index (χ0) is 11.7. The summed E-state index contributed by atoms with van der Waals surface area (Å²) in [5.41, 5.74) is 3.78. The third-order valence-corrected chi connectivity index (χ3v) is 3.03. The van der Waals surface area contributed by atoms with E-state index in [-0.39, 0.29) is 6.10 Å². The largest absolute Gasteiger partial charge is 0.387 e. The molecule has 0 bridgehead atoms. The van der Waals surface area contributed by atoms with Crippen LogP contribution in [0.1, 0.15) is 22.8 Å². The Hall–Kier alpha value is -0.900. The zero-order valence-electron chi connectivity index (χ0n) is 10.3. The summed E-state index contributed by atoms with van der Waals surface area (Å²) in [5, 5.41) is 10.0. The van der Waals surface area contributed by atoms with E-state index in [1.807, 2.05) is 25.1 Å². The summed E-state index contributed by atoms with van der Waals surface area (Å²) < 4.78 is 0. The summed E-state index contributed by atoms with van der Waals surface area (Å²) in [6.07, 6.45) is -0.383. The van der Waals surface area contributed by atoms with E-state index in [1.165, 1.54) is 11.1 Å². The number of fused-ring (bicyclic) bond motifs is 1. The van der Waals surface area contributed by atoms with Gasteiger partial charge in [0.15, 0.2) is 0 Å². The number of hydrogen-bond acceptors (Lipinski definition) is 3. The van der Waals surface area contributed by atoms with Crippen LogP contribution >= 0.6 is 0 Å². The van der Waals surface area contributed by atoms with Gasteiger partial charge < -0.3 is 10.0 Å². The minimum absolute atomic E-state index is 0.383. The van der Waals surface area contributed by atoms with Gasteiger partial charge in [0.1, 0.15) is 0 Å². The van der Waals surface area contributed by atoms with Gasteiger partial charge in [-0.3, -0.25) is 4.90 Å². The second kappa shape index (κ2) is 4.53. The van der Waals surface area contributed by atoms with E-state index in [0.717, 1.165) is 18.7 Å². The highest BCUT2D eigenvalue weighted by Gasteiger charge is 2.17. The lowest BCUT2D eigenvalue weighted by Gasteiger charge is -2.16. The molecule has 3 nitrogen and oxygen atoms in total. The third kappa shape index (κ3) is 2.43. The summed E-state index contributed by atoms with van der Waals surface area (Å²) >= 11 is 0. The number of hydrogen-bond donors (Lipinski definition) is 1. The molecule has 1 N–H and O–H groups in total. The second-order valence-electron chi connectivity index (χ2n) is 4.98. The van der Waals surface area contributed by atoms with Gasteiger partial charge >= 0.3 is 0 Å². The average molecular weight is 220 g/mol. The SMILES string of the molecule is CN(C)CC(O)c1ccc2c(c1)CN(C)C2. The van der Waals surface area contributed by atoms with Gasteiger partial charge in [0.25, 0.3) is 0 Å². The molecule has 1 atom stereocenters. The van der Waals surface area contributed by atoms with Crippen molar-refractivity contribution in [1.29, 1.82) is 0 Å². The van der Waals surface area contributed by atoms with E-state index in [4.69, 9.17) is 0 Å². The number of nitrogens with zero attached hydrogens (tertiary/aromatic N) is 2. The average Bonchev–Trinajstić information content (AvgIpc) is 2.55. The predicted octanol–water partition coefficient (Wildman–Crippen LogP) is 1.23. The van der Waals surface area contributed by atoms with Gasteiger partial charge in [-0.05, 0) is 37.8 Å². The fourth-order valence-electron chi connectivity index (χ4n) is 2.24. The molecular weight excluding hydrogens is 200 g/mol. The Bertz CT molecular complexity index is 376. The highest BCUT2D eigenvalue weighted by atomic mass is 16.3. The maximum absolute atomic E-state index is 10.0. The maximum atomic E-state index is 10.0. The molecule has 1 heterocycles. The van der Waals surface area contributed by atoms with Crippen molar-refractivity contribution in [3.05, 3.63) is 34.9 Å². The van der Waals surface area contributed by atoms with Crippen molar-refractivity contribution in [3.8, 4) is 0 Å². The van der Waals surface area contributed by atoms with Crippen LogP contribution in [0.3, 0.4) is 0 Å². The Morgan fingerprint density at radius 2 is 2.00 bits per heavy atom. The van der Waals surface area contributed by atoms with Crippen LogP contribution in [0.5, 0.6) is 0 Å². The van der Waals surface area contributed by atoms with E-state index in [9.17, 15) is 5.11 Å². The van der Waals surface area contributed by atoms with Crippen molar-refractivity contribution in [3.63, 3.8) is 0 Å². The molecule has 0 aliphatic carbocycles. The molecule has 3 heteroatoms. The molecule has 0 amide bonds. The van der Waals surface area contributed by atoms with Gasteiger partial charge in [-0.15, -0.1) is 0 Å². The molecule has 2 rings (SSSR count). The van der Waals surface area contributed by atoms with E-state index >= 15 is 0 Å². The normalized spacial score (nSPS) is 17.8. The first-order chi connectivity index (χ1) is 7.56. The molecule has 0 saturated heterocycles. The summed E-state index contributed by atoms with van der Waals surface area (Å²) in [6.45, 7) is 2.70. The Balaban J connectivity index is 2.16. The van der Waals surface area contributed by atoms with Crippen LogP contribution in [0.25, 0.3) is 0 Å². The van der Waals surface area contributed by atoms with Crippen molar-refractivity contribution in [2.45, 2.75) is 19.2 Å². The van der Waals surface area contributed by atoms with Crippen molar-refractivity contribution in [2.75, 3.05) is 27.7 Å². The molecule has 0 radical (unpaired) electrons. The van der Waals surface area contributed by atoms with Crippen LogP contribution in [-0.2, 0) is 13.1 Å².